The molecule has 0 spiro atoms. The van der Waals surface area contributed by atoms with Gasteiger partial charge >= 0.3 is 29.6 Å². The van der Waals surface area contributed by atoms with Gasteiger partial charge in [-0.25, -0.2) is 0 Å². The summed E-state index contributed by atoms with van der Waals surface area (Å²) in [7, 11) is 0. The second kappa shape index (κ2) is 6.89. The largest absolute Gasteiger partial charge is 1.00 e. The number of rotatable bonds is 3. The van der Waals surface area contributed by atoms with Crippen LogP contribution in [0.2, 0.25) is 0 Å². The summed E-state index contributed by atoms with van der Waals surface area (Å²) in [5, 5.41) is 9.82. The van der Waals surface area contributed by atoms with E-state index in [0.29, 0.717) is 12.2 Å². The van der Waals surface area contributed by atoms with Crippen LogP contribution in [-0.4, -0.2) is 17.8 Å². The smallest absolute Gasteiger partial charge is 0.548 e. The molecule has 0 fully saturated rings. The Bertz CT molecular complexity index is 90.6. The fraction of sp³-hybridized carbons (Fsp3) is 0.750. The average molecular weight is 157 g/mol. The third-order valence-electron chi connectivity index (χ3n) is 0.743. The monoisotopic (exact) mass is 157 g/mol. The molecule has 1 unspecified atom stereocenters. The topological polar surface area (TPSA) is 66.2 Å². The van der Waals surface area contributed by atoms with Gasteiger partial charge in [0.25, 0.3) is 0 Å². The van der Waals surface area contributed by atoms with Gasteiger partial charge in [0, 0.05) is 6.04 Å². The van der Waals surface area contributed by atoms with E-state index in [1.165, 1.54) is 0 Å². The van der Waals surface area contributed by atoms with Crippen molar-refractivity contribution in [3.8, 4) is 0 Å². The molecule has 0 saturated carbocycles. The predicted molar refractivity (Wildman–Crippen MR) is 31.5 cm³/mol. The maximum absolute atomic E-state index is 9.82. The standard InChI is InChI=1S/C4H9NO2S.Na/c5-3(1-2-8)4(6)7;/h3,8H,1-2,5H2,(H,6,7);/q;+1/p-1. The number of thiol groups is 1. The number of hydrogen-bond acceptors (Lipinski definition) is 4. The molecule has 0 bridgehead atoms. The van der Waals surface area contributed by atoms with Gasteiger partial charge < -0.3 is 15.6 Å². The molecule has 0 saturated heterocycles. The van der Waals surface area contributed by atoms with E-state index in [4.69, 9.17) is 5.73 Å². The summed E-state index contributed by atoms with van der Waals surface area (Å²) in [6.45, 7) is 0. The average Bonchev–Trinajstić information content (AvgIpc) is 1.67. The number of carbonyl (C=O) groups is 1. The molecule has 0 aromatic rings. The van der Waals surface area contributed by atoms with E-state index in [1.54, 1.807) is 0 Å². The molecule has 48 valence electrons. The maximum atomic E-state index is 9.82. The molecule has 0 aliphatic carbocycles. The molecule has 5 heteroatoms. The Morgan fingerprint density at radius 1 is 1.78 bits per heavy atom. The number of hydrogen-bond donors (Lipinski definition) is 2. The molecule has 9 heavy (non-hydrogen) atoms. The molecule has 2 N–H and O–H groups in total. The second-order valence-electron chi connectivity index (χ2n) is 1.44. The zero-order chi connectivity index (χ0) is 6.57. The van der Waals surface area contributed by atoms with Crippen LogP contribution in [0.25, 0.3) is 0 Å². The Hall–Kier alpha value is 0.780. The number of nitrogens with two attached hydrogens (primary N) is 1. The van der Waals surface area contributed by atoms with Crippen LogP contribution < -0.4 is 40.4 Å². The van der Waals surface area contributed by atoms with Gasteiger partial charge in [-0.3, -0.25) is 0 Å². The molecule has 3 nitrogen and oxygen atoms in total. The molecule has 0 aliphatic heterocycles. The number of aliphatic carboxylic acids is 1. The van der Waals surface area contributed by atoms with E-state index >= 15 is 0 Å². The molecule has 0 aromatic carbocycles. The molecule has 0 radical (unpaired) electrons. The van der Waals surface area contributed by atoms with Crippen LogP contribution in [0.3, 0.4) is 0 Å². The second-order valence-corrected chi connectivity index (χ2v) is 1.89. The minimum absolute atomic E-state index is 0. The fourth-order valence-corrected chi connectivity index (χ4v) is 0.535. The van der Waals surface area contributed by atoms with Crippen molar-refractivity contribution in [3.05, 3.63) is 0 Å². The first-order valence-electron chi connectivity index (χ1n) is 2.25. The fourth-order valence-electron chi connectivity index (χ4n) is 0.257. The van der Waals surface area contributed by atoms with Gasteiger partial charge in [0.05, 0.1) is 5.97 Å². The normalized spacial score (nSPS) is 11.8. The zero-order valence-corrected chi connectivity index (χ0v) is 8.23. The molecule has 0 amide bonds. The van der Waals surface area contributed by atoms with Crippen LogP contribution in [0.4, 0.5) is 0 Å². The molecule has 0 rings (SSSR count). The van der Waals surface area contributed by atoms with Crippen LogP contribution >= 0.6 is 12.6 Å². The van der Waals surface area contributed by atoms with Crippen molar-refractivity contribution in [2.75, 3.05) is 5.75 Å². The van der Waals surface area contributed by atoms with Gasteiger partial charge in [-0.2, -0.15) is 12.6 Å². The first kappa shape index (κ1) is 12.5. The van der Waals surface area contributed by atoms with Crippen molar-refractivity contribution in [2.45, 2.75) is 12.5 Å². The van der Waals surface area contributed by atoms with Crippen molar-refractivity contribution in [2.24, 2.45) is 5.73 Å². The summed E-state index contributed by atoms with van der Waals surface area (Å²) < 4.78 is 0. The van der Waals surface area contributed by atoms with Crippen molar-refractivity contribution < 1.29 is 39.5 Å². The molecule has 0 aromatic heterocycles. The van der Waals surface area contributed by atoms with E-state index in [9.17, 15) is 9.90 Å². The minimum Gasteiger partial charge on any atom is -0.548 e. The quantitative estimate of drug-likeness (QED) is 0.320. The number of carboxylic acids is 1. The van der Waals surface area contributed by atoms with E-state index in [2.05, 4.69) is 12.6 Å². The Kier molecular flexibility index (Phi) is 9.54. The van der Waals surface area contributed by atoms with Crippen LogP contribution in [0.5, 0.6) is 0 Å². The van der Waals surface area contributed by atoms with Gasteiger partial charge in [0.15, 0.2) is 0 Å². The summed E-state index contributed by atoms with van der Waals surface area (Å²) >= 11 is 3.78. The molecular weight excluding hydrogens is 149 g/mol. The predicted octanol–water partition coefficient (Wildman–Crippen LogP) is -4.61. The van der Waals surface area contributed by atoms with Gasteiger partial charge in [0.2, 0.25) is 0 Å². The van der Waals surface area contributed by atoms with E-state index in [0.717, 1.165) is 0 Å². The summed E-state index contributed by atoms with van der Waals surface area (Å²) in [4.78, 5) is 9.82. The van der Waals surface area contributed by atoms with Crippen LogP contribution in [0.15, 0.2) is 0 Å². The first-order valence-corrected chi connectivity index (χ1v) is 2.89. The van der Waals surface area contributed by atoms with E-state index < -0.39 is 12.0 Å². The van der Waals surface area contributed by atoms with Crippen molar-refractivity contribution in [1.29, 1.82) is 0 Å². The summed E-state index contributed by atoms with van der Waals surface area (Å²) in [6, 6.07) is -0.854. The summed E-state index contributed by atoms with van der Waals surface area (Å²) in [5.41, 5.74) is 5.02. The Morgan fingerprint density at radius 2 is 2.22 bits per heavy atom. The van der Waals surface area contributed by atoms with Crippen molar-refractivity contribution >= 4 is 18.6 Å². The molecule has 0 aliphatic rings. The Morgan fingerprint density at radius 3 is 2.33 bits per heavy atom. The van der Waals surface area contributed by atoms with E-state index in [1.807, 2.05) is 0 Å². The Balaban J connectivity index is 0. The summed E-state index contributed by atoms with van der Waals surface area (Å²) in [5.74, 6) is -0.728. The Labute approximate surface area is 81.7 Å². The van der Waals surface area contributed by atoms with E-state index in [-0.39, 0.29) is 29.6 Å². The van der Waals surface area contributed by atoms with Crippen molar-refractivity contribution in [3.63, 3.8) is 0 Å². The van der Waals surface area contributed by atoms with Gasteiger partial charge in [0.1, 0.15) is 0 Å². The molecule has 1 atom stereocenters. The van der Waals surface area contributed by atoms with Crippen molar-refractivity contribution in [1.82, 2.24) is 0 Å². The van der Waals surface area contributed by atoms with Gasteiger partial charge in [-0.15, -0.1) is 0 Å². The van der Waals surface area contributed by atoms with Gasteiger partial charge in [-0.05, 0) is 12.2 Å². The SMILES string of the molecule is NC(CCS)C(=O)[O-].[Na+]. The van der Waals surface area contributed by atoms with Crippen LogP contribution in [0, 0.1) is 0 Å². The number of carboxylic acid groups (broad SMARTS) is 1. The maximum Gasteiger partial charge on any atom is 1.00 e. The zero-order valence-electron chi connectivity index (χ0n) is 5.33. The van der Waals surface area contributed by atoms with Crippen LogP contribution in [-0.2, 0) is 4.79 Å². The number of carbonyl (C=O) groups excluding carboxylic acids is 1. The molecule has 0 heterocycles. The van der Waals surface area contributed by atoms with Crippen LogP contribution in [0.1, 0.15) is 6.42 Å². The van der Waals surface area contributed by atoms with Gasteiger partial charge in [-0.1, -0.05) is 0 Å². The minimum atomic E-state index is -1.21. The summed E-state index contributed by atoms with van der Waals surface area (Å²) in [6.07, 6.45) is 0.367. The third-order valence-corrected chi connectivity index (χ3v) is 1.00. The first-order chi connectivity index (χ1) is 3.68. The third kappa shape index (κ3) is 6.67. The molecular formula is C4H8NNaO2S.